The first-order chi connectivity index (χ1) is 15.0. The molecule has 156 valence electrons. The molecule has 0 spiro atoms. The Labute approximate surface area is 181 Å². The largest absolute Gasteiger partial charge is 0.504 e. The van der Waals surface area contributed by atoms with Crippen molar-refractivity contribution in [1.29, 1.82) is 0 Å². The lowest BCUT2D eigenvalue weighted by Gasteiger charge is -2.13. The van der Waals surface area contributed by atoms with E-state index in [4.69, 9.17) is 4.74 Å². The van der Waals surface area contributed by atoms with Crippen LogP contribution >= 0.6 is 11.8 Å². The Kier molecular flexibility index (Phi) is 5.64. The Morgan fingerprint density at radius 3 is 2.48 bits per heavy atom. The van der Waals surface area contributed by atoms with Crippen LogP contribution in [0.15, 0.2) is 76.7 Å². The molecule has 31 heavy (non-hydrogen) atoms. The van der Waals surface area contributed by atoms with E-state index in [1.807, 2.05) is 0 Å². The van der Waals surface area contributed by atoms with E-state index in [2.05, 4.69) is 4.98 Å². The predicted octanol–water partition coefficient (Wildman–Crippen LogP) is 3.78. The molecular formula is C23H18N2O5S. The van der Waals surface area contributed by atoms with E-state index >= 15 is 0 Å². The molecule has 4 aromatic rings. The number of ether oxygens (including phenoxy) is 1. The van der Waals surface area contributed by atoms with Crippen LogP contribution in [0.3, 0.4) is 0 Å². The molecule has 0 aliphatic rings. The molecule has 0 saturated heterocycles. The van der Waals surface area contributed by atoms with Crippen molar-refractivity contribution >= 4 is 28.4 Å². The fourth-order valence-electron chi connectivity index (χ4n) is 3.08. The maximum Gasteiger partial charge on any atom is 0.266 e. The number of benzene rings is 3. The number of rotatable bonds is 6. The molecule has 0 amide bonds. The topological polar surface area (TPSA) is 102 Å². The predicted molar refractivity (Wildman–Crippen MR) is 119 cm³/mol. The first-order valence-electron chi connectivity index (χ1n) is 9.32. The standard InChI is InChI=1S/C23H18N2O5S/c1-30-16-9-7-15(8-10-16)25-22(29)17-4-2-3-5-18(17)24-23(25)31-13-21(28)14-6-11-19(26)20(27)12-14/h2-12,26-27H,13H2,1H3. The van der Waals surface area contributed by atoms with Crippen LogP contribution in [0.2, 0.25) is 0 Å². The van der Waals surface area contributed by atoms with Crippen LogP contribution in [0.5, 0.6) is 17.2 Å². The van der Waals surface area contributed by atoms with Gasteiger partial charge in [-0.25, -0.2) is 4.98 Å². The van der Waals surface area contributed by atoms with Crippen LogP contribution in [-0.2, 0) is 0 Å². The van der Waals surface area contributed by atoms with Crippen LogP contribution in [0, 0.1) is 0 Å². The minimum atomic E-state index is -0.366. The van der Waals surface area contributed by atoms with Crippen LogP contribution in [0.25, 0.3) is 16.6 Å². The maximum atomic E-state index is 13.2. The first kappa shape index (κ1) is 20.5. The SMILES string of the molecule is COc1ccc(-n2c(SCC(=O)c3ccc(O)c(O)c3)nc3ccccc3c2=O)cc1. The second kappa shape index (κ2) is 8.53. The average molecular weight is 434 g/mol. The van der Waals surface area contributed by atoms with E-state index in [-0.39, 0.29) is 34.2 Å². The highest BCUT2D eigenvalue weighted by Crippen LogP contribution is 2.27. The van der Waals surface area contributed by atoms with Gasteiger partial charge in [0.15, 0.2) is 22.4 Å². The molecule has 0 unspecified atom stereocenters. The van der Waals surface area contributed by atoms with Gasteiger partial charge in [-0.2, -0.15) is 0 Å². The zero-order valence-corrected chi connectivity index (χ0v) is 17.3. The number of hydrogen-bond donors (Lipinski definition) is 2. The number of phenols is 2. The van der Waals surface area contributed by atoms with E-state index < -0.39 is 0 Å². The monoisotopic (exact) mass is 434 g/mol. The third kappa shape index (κ3) is 4.10. The van der Waals surface area contributed by atoms with Gasteiger partial charge in [-0.3, -0.25) is 14.2 Å². The Morgan fingerprint density at radius 1 is 1.03 bits per heavy atom. The summed E-state index contributed by atoms with van der Waals surface area (Å²) < 4.78 is 6.66. The summed E-state index contributed by atoms with van der Waals surface area (Å²) in [5.41, 5.74) is 1.14. The molecule has 1 heterocycles. The summed E-state index contributed by atoms with van der Waals surface area (Å²) in [5, 5.41) is 19.9. The molecular weight excluding hydrogens is 416 g/mol. The molecule has 8 heteroatoms. The van der Waals surface area contributed by atoms with Crippen molar-refractivity contribution in [3.8, 4) is 22.9 Å². The van der Waals surface area contributed by atoms with Crippen molar-refractivity contribution in [3.63, 3.8) is 0 Å². The minimum absolute atomic E-state index is 0.00878. The van der Waals surface area contributed by atoms with Gasteiger partial charge in [-0.15, -0.1) is 0 Å². The van der Waals surface area contributed by atoms with Crippen LogP contribution < -0.4 is 10.3 Å². The smallest absolute Gasteiger partial charge is 0.266 e. The van der Waals surface area contributed by atoms with Gasteiger partial charge >= 0.3 is 0 Å². The van der Waals surface area contributed by atoms with Gasteiger partial charge in [0.1, 0.15) is 5.75 Å². The zero-order valence-electron chi connectivity index (χ0n) is 16.5. The molecule has 0 aliphatic heterocycles. The van der Waals surface area contributed by atoms with Gasteiger partial charge in [0, 0.05) is 5.56 Å². The number of hydrogen-bond acceptors (Lipinski definition) is 7. The molecule has 0 atom stereocenters. The summed E-state index contributed by atoms with van der Waals surface area (Å²) in [7, 11) is 1.56. The number of ketones is 1. The number of phenolic OH excluding ortho intramolecular Hbond substituents is 2. The number of para-hydroxylation sites is 1. The molecule has 0 fully saturated rings. The molecule has 0 aliphatic carbocycles. The van der Waals surface area contributed by atoms with Crippen molar-refractivity contribution in [2.24, 2.45) is 0 Å². The third-order valence-electron chi connectivity index (χ3n) is 4.71. The normalized spacial score (nSPS) is 10.9. The Balaban J connectivity index is 1.74. The summed E-state index contributed by atoms with van der Waals surface area (Å²) in [6, 6.07) is 17.9. The summed E-state index contributed by atoms with van der Waals surface area (Å²) in [4.78, 5) is 30.5. The van der Waals surface area contributed by atoms with Crippen LogP contribution in [0.1, 0.15) is 10.4 Å². The average Bonchev–Trinajstić information content (AvgIpc) is 2.79. The number of nitrogens with zero attached hydrogens (tertiary/aromatic N) is 2. The summed E-state index contributed by atoms with van der Waals surface area (Å²) >= 11 is 1.12. The van der Waals surface area contributed by atoms with Crippen molar-refractivity contribution < 1.29 is 19.7 Å². The molecule has 0 saturated carbocycles. The zero-order chi connectivity index (χ0) is 22.0. The number of aromatic nitrogens is 2. The Bertz CT molecular complexity index is 1330. The van der Waals surface area contributed by atoms with Crippen molar-refractivity contribution in [2.45, 2.75) is 5.16 Å². The molecule has 3 aromatic carbocycles. The number of carbonyl (C=O) groups excluding carboxylic acids is 1. The highest BCUT2D eigenvalue weighted by Gasteiger charge is 2.16. The summed E-state index contributed by atoms with van der Waals surface area (Å²) in [6.45, 7) is 0. The van der Waals surface area contributed by atoms with Gasteiger partial charge in [-0.05, 0) is 54.6 Å². The second-order valence-corrected chi connectivity index (χ2v) is 7.61. The quantitative estimate of drug-likeness (QED) is 0.206. The Morgan fingerprint density at radius 2 is 1.77 bits per heavy atom. The number of methoxy groups -OCH3 is 1. The molecule has 0 radical (unpaired) electrons. The molecule has 0 bridgehead atoms. The van der Waals surface area contributed by atoms with Gasteiger partial charge in [0.2, 0.25) is 0 Å². The lowest BCUT2D eigenvalue weighted by molar-refractivity contribution is 0.102. The Hall–Kier alpha value is -3.78. The van der Waals surface area contributed by atoms with Crippen molar-refractivity contribution in [3.05, 3.63) is 82.6 Å². The van der Waals surface area contributed by atoms with E-state index in [0.717, 1.165) is 11.8 Å². The molecule has 1 aromatic heterocycles. The molecule has 2 N–H and O–H groups in total. The van der Waals surface area contributed by atoms with Crippen LogP contribution in [-0.4, -0.2) is 38.4 Å². The second-order valence-electron chi connectivity index (χ2n) is 6.67. The number of fused-ring (bicyclic) bond motifs is 1. The molecule has 7 nitrogen and oxygen atoms in total. The number of Topliss-reactive ketones (excluding diaryl/α,β-unsaturated/α-hetero) is 1. The van der Waals surface area contributed by atoms with Crippen LogP contribution in [0.4, 0.5) is 0 Å². The highest BCUT2D eigenvalue weighted by atomic mass is 32.2. The van der Waals surface area contributed by atoms with E-state index in [1.54, 1.807) is 55.6 Å². The molecule has 4 rings (SSSR count). The fraction of sp³-hybridized carbons (Fsp3) is 0.0870. The van der Waals surface area contributed by atoms with E-state index in [1.165, 1.54) is 22.8 Å². The van der Waals surface area contributed by atoms with Gasteiger partial charge in [-0.1, -0.05) is 23.9 Å². The maximum absolute atomic E-state index is 13.2. The van der Waals surface area contributed by atoms with E-state index in [9.17, 15) is 19.8 Å². The van der Waals surface area contributed by atoms with Gasteiger partial charge < -0.3 is 14.9 Å². The fourth-order valence-corrected chi connectivity index (χ4v) is 3.99. The highest BCUT2D eigenvalue weighted by molar-refractivity contribution is 7.99. The number of aromatic hydroxyl groups is 2. The van der Waals surface area contributed by atoms with Gasteiger partial charge in [0.05, 0.1) is 29.5 Å². The van der Waals surface area contributed by atoms with Crippen molar-refractivity contribution in [1.82, 2.24) is 9.55 Å². The summed E-state index contributed by atoms with van der Waals surface area (Å²) in [6.07, 6.45) is 0. The van der Waals surface area contributed by atoms with Gasteiger partial charge in [0.25, 0.3) is 5.56 Å². The summed E-state index contributed by atoms with van der Waals surface area (Å²) in [5.74, 6) is -0.292. The third-order valence-corrected chi connectivity index (χ3v) is 5.64. The lowest BCUT2D eigenvalue weighted by Crippen LogP contribution is -2.22. The number of thioether (sulfide) groups is 1. The van der Waals surface area contributed by atoms with Crippen molar-refractivity contribution in [2.75, 3.05) is 12.9 Å². The van der Waals surface area contributed by atoms with E-state index in [0.29, 0.717) is 27.5 Å². The minimum Gasteiger partial charge on any atom is -0.504 e. The lowest BCUT2D eigenvalue weighted by atomic mass is 10.1. The number of carbonyl (C=O) groups is 1. The first-order valence-corrected chi connectivity index (χ1v) is 10.3.